The molecule has 0 rings (SSSR count). The second-order valence-corrected chi connectivity index (χ2v) is 13.7. The van der Waals surface area contributed by atoms with Gasteiger partial charge in [-0.15, -0.1) is 0 Å². The van der Waals surface area contributed by atoms with Crippen LogP contribution in [0, 0.1) is 0 Å². The Morgan fingerprint density at radius 3 is 1.23 bits per heavy atom. The molecule has 0 bridgehead atoms. The molecule has 0 saturated heterocycles. The average molecular weight is 785 g/mol. The molecule has 6 heteroatoms. The van der Waals surface area contributed by atoms with Crippen LogP contribution >= 0.6 is 0 Å². The van der Waals surface area contributed by atoms with E-state index in [4.69, 9.17) is 14.2 Å². The first-order valence-corrected chi connectivity index (χ1v) is 21.8. The summed E-state index contributed by atoms with van der Waals surface area (Å²) >= 11 is 0. The number of hydrogen-bond acceptors (Lipinski definition) is 6. The monoisotopic (exact) mass is 785 g/mol. The number of carbonyl (C=O) groups is 3. The lowest BCUT2D eigenvalue weighted by Gasteiger charge is -2.18. The zero-order chi connectivity index (χ0) is 41.5. The molecule has 0 aromatic heterocycles. The van der Waals surface area contributed by atoms with Gasteiger partial charge in [0.15, 0.2) is 6.10 Å². The highest BCUT2D eigenvalue weighted by Gasteiger charge is 2.19. The maximum absolute atomic E-state index is 12.7. The molecule has 0 N–H and O–H groups in total. The van der Waals surface area contributed by atoms with Gasteiger partial charge in [-0.25, -0.2) is 0 Å². The van der Waals surface area contributed by atoms with Gasteiger partial charge in [0.1, 0.15) is 13.2 Å². The Labute approximate surface area is 347 Å². The van der Waals surface area contributed by atoms with E-state index in [9.17, 15) is 14.4 Å². The number of allylic oxidation sites excluding steroid dienone is 22. The van der Waals surface area contributed by atoms with Gasteiger partial charge in [-0.1, -0.05) is 180 Å². The molecule has 0 aromatic carbocycles. The smallest absolute Gasteiger partial charge is 0.306 e. The van der Waals surface area contributed by atoms with Gasteiger partial charge < -0.3 is 14.2 Å². The molecule has 0 aromatic rings. The van der Waals surface area contributed by atoms with Crippen LogP contribution in [-0.2, 0) is 28.6 Å². The molecule has 0 amide bonds. The van der Waals surface area contributed by atoms with Crippen molar-refractivity contribution in [3.05, 3.63) is 134 Å². The quantitative estimate of drug-likeness (QED) is 0.0207. The van der Waals surface area contributed by atoms with Gasteiger partial charge in [0, 0.05) is 19.3 Å². The summed E-state index contributed by atoms with van der Waals surface area (Å²) in [7, 11) is 0. The molecule has 0 aliphatic heterocycles. The normalized spacial score (nSPS) is 13.4. The molecule has 0 fully saturated rings. The Morgan fingerprint density at radius 2 is 0.719 bits per heavy atom. The van der Waals surface area contributed by atoms with Crippen molar-refractivity contribution in [1.29, 1.82) is 0 Å². The number of unbranched alkanes of at least 4 members (excludes halogenated alkanes) is 10. The van der Waals surface area contributed by atoms with Crippen LogP contribution in [-0.4, -0.2) is 37.2 Å². The summed E-state index contributed by atoms with van der Waals surface area (Å²) in [5, 5.41) is 0. The van der Waals surface area contributed by atoms with Crippen molar-refractivity contribution in [3.63, 3.8) is 0 Å². The van der Waals surface area contributed by atoms with Crippen molar-refractivity contribution in [3.8, 4) is 0 Å². The van der Waals surface area contributed by atoms with E-state index in [0.717, 1.165) is 103 Å². The Balaban J connectivity index is 4.56. The number of hydrogen-bond donors (Lipinski definition) is 0. The molecule has 1 atom stereocenters. The van der Waals surface area contributed by atoms with Crippen LogP contribution in [0.25, 0.3) is 0 Å². The summed E-state index contributed by atoms with van der Waals surface area (Å²) in [5.41, 5.74) is 0. The van der Waals surface area contributed by atoms with Gasteiger partial charge >= 0.3 is 17.9 Å². The van der Waals surface area contributed by atoms with E-state index in [0.29, 0.717) is 19.3 Å². The van der Waals surface area contributed by atoms with Crippen molar-refractivity contribution in [2.24, 2.45) is 0 Å². The number of ether oxygens (including phenoxy) is 3. The van der Waals surface area contributed by atoms with Crippen LogP contribution in [0.15, 0.2) is 134 Å². The van der Waals surface area contributed by atoms with Gasteiger partial charge in [0.2, 0.25) is 0 Å². The van der Waals surface area contributed by atoms with Gasteiger partial charge in [-0.05, 0) is 83.5 Å². The first kappa shape index (κ1) is 52.6. The molecule has 0 saturated carbocycles. The van der Waals surface area contributed by atoms with E-state index in [1.807, 2.05) is 72.9 Å². The standard InChI is InChI=1S/C51H76O6/c1-4-7-10-13-16-19-21-23-25-27-29-32-35-38-41-44-50(53)56-47-48(46-55-49(52)43-40-37-34-31-18-15-12-9-6-3)57-51(54)45-42-39-36-33-30-28-26-24-22-20-17-14-11-8-5-2/h7-14,16-27,29,31,48H,4-6,15,28,30,32-47H2,1-3H3/b10-7-,11-8-,12-9-,16-13-,17-14-,21-19-,22-20-,25-23-,26-24-,29-27-,31-18-. The van der Waals surface area contributed by atoms with E-state index in [1.54, 1.807) is 0 Å². The third kappa shape index (κ3) is 42.5. The van der Waals surface area contributed by atoms with Gasteiger partial charge in [0.05, 0.1) is 0 Å². The largest absolute Gasteiger partial charge is 0.462 e. The highest BCUT2D eigenvalue weighted by molar-refractivity contribution is 5.71. The fraction of sp³-hybridized carbons (Fsp3) is 0.510. The highest BCUT2D eigenvalue weighted by atomic mass is 16.6. The zero-order valence-electron chi connectivity index (χ0n) is 35.8. The van der Waals surface area contributed by atoms with Gasteiger partial charge in [-0.3, -0.25) is 14.4 Å². The second-order valence-electron chi connectivity index (χ2n) is 13.7. The predicted molar refractivity (Wildman–Crippen MR) is 242 cm³/mol. The molecular weight excluding hydrogens is 709 g/mol. The molecule has 0 heterocycles. The van der Waals surface area contributed by atoms with Crippen LogP contribution in [0.1, 0.15) is 149 Å². The van der Waals surface area contributed by atoms with Gasteiger partial charge in [-0.2, -0.15) is 0 Å². The van der Waals surface area contributed by atoms with E-state index < -0.39 is 6.10 Å². The van der Waals surface area contributed by atoms with E-state index >= 15 is 0 Å². The predicted octanol–water partition coefficient (Wildman–Crippen LogP) is 14.0. The fourth-order valence-corrected chi connectivity index (χ4v) is 5.15. The SMILES string of the molecule is CC\C=C/C=C\C=C/C=C\C=C/CCCCCC(=O)OCC(COC(=O)CCCC/C=C\C/C=C\CC)OC(=O)CCCCCCC\C=C/C=C\C=C/C=C\CC. The Kier molecular flexibility index (Phi) is 40.8. The molecule has 0 aliphatic carbocycles. The molecule has 316 valence electrons. The topological polar surface area (TPSA) is 78.9 Å². The molecule has 6 nitrogen and oxygen atoms in total. The fourth-order valence-electron chi connectivity index (χ4n) is 5.15. The van der Waals surface area contributed by atoms with Crippen LogP contribution in [0.3, 0.4) is 0 Å². The first-order chi connectivity index (χ1) is 28.0. The summed E-state index contributed by atoms with van der Waals surface area (Å²) < 4.78 is 16.6. The minimum absolute atomic E-state index is 0.125. The van der Waals surface area contributed by atoms with E-state index in [-0.39, 0.29) is 37.5 Å². The lowest BCUT2D eigenvalue weighted by molar-refractivity contribution is -0.167. The average Bonchev–Trinajstić information content (AvgIpc) is 3.21. The van der Waals surface area contributed by atoms with Crippen molar-refractivity contribution >= 4 is 17.9 Å². The third-order valence-electron chi connectivity index (χ3n) is 8.35. The number of rotatable bonds is 36. The minimum atomic E-state index is -0.824. The second kappa shape index (κ2) is 44.3. The van der Waals surface area contributed by atoms with Crippen molar-refractivity contribution in [2.45, 2.75) is 155 Å². The maximum Gasteiger partial charge on any atom is 0.306 e. The lowest BCUT2D eigenvalue weighted by atomic mass is 10.1. The van der Waals surface area contributed by atoms with Crippen LogP contribution < -0.4 is 0 Å². The van der Waals surface area contributed by atoms with Gasteiger partial charge in [0.25, 0.3) is 0 Å². The summed E-state index contributed by atoms with van der Waals surface area (Å²) in [6.45, 7) is 6.09. The maximum atomic E-state index is 12.7. The Bertz CT molecular complexity index is 1320. The van der Waals surface area contributed by atoms with Crippen LogP contribution in [0.5, 0.6) is 0 Å². The molecule has 0 aliphatic rings. The summed E-state index contributed by atoms with van der Waals surface area (Å²) in [6, 6.07) is 0. The van der Waals surface area contributed by atoms with E-state index in [2.05, 4.69) is 81.5 Å². The summed E-state index contributed by atoms with van der Waals surface area (Å²) in [5.74, 6) is -1.04. The summed E-state index contributed by atoms with van der Waals surface area (Å²) in [4.78, 5) is 37.7. The number of esters is 3. The Morgan fingerprint density at radius 1 is 0.368 bits per heavy atom. The first-order valence-electron chi connectivity index (χ1n) is 21.8. The molecule has 0 radical (unpaired) electrons. The molecule has 57 heavy (non-hydrogen) atoms. The lowest BCUT2D eigenvalue weighted by Crippen LogP contribution is -2.30. The third-order valence-corrected chi connectivity index (χ3v) is 8.35. The summed E-state index contributed by atoms with van der Waals surface area (Å²) in [6.07, 6.45) is 61.5. The van der Waals surface area contributed by atoms with Crippen LogP contribution in [0.4, 0.5) is 0 Å². The van der Waals surface area contributed by atoms with Crippen molar-refractivity contribution in [1.82, 2.24) is 0 Å². The van der Waals surface area contributed by atoms with E-state index in [1.165, 1.54) is 0 Å². The molecular formula is C51H76O6. The molecule has 0 spiro atoms. The van der Waals surface area contributed by atoms with Crippen LogP contribution in [0.2, 0.25) is 0 Å². The van der Waals surface area contributed by atoms with Crippen molar-refractivity contribution < 1.29 is 28.6 Å². The Hall–Kier alpha value is -4.45. The minimum Gasteiger partial charge on any atom is -0.462 e. The van der Waals surface area contributed by atoms with Crippen molar-refractivity contribution in [2.75, 3.05) is 13.2 Å². The number of carbonyl (C=O) groups excluding carboxylic acids is 3. The zero-order valence-corrected chi connectivity index (χ0v) is 35.8. The molecule has 1 unspecified atom stereocenters. The highest BCUT2D eigenvalue weighted by Crippen LogP contribution is 2.11.